The van der Waals surface area contributed by atoms with Crippen molar-refractivity contribution in [1.82, 2.24) is 10.1 Å². The molecule has 0 bridgehead atoms. The van der Waals surface area contributed by atoms with Gasteiger partial charge in [0.25, 0.3) is 0 Å². The first-order valence-corrected chi connectivity index (χ1v) is 11.5. The first-order valence-electron chi connectivity index (χ1n) is 11.5. The van der Waals surface area contributed by atoms with Gasteiger partial charge in [-0.15, -0.1) is 0 Å². The van der Waals surface area contributed by atoms with Crippen molar-refractivity contribution < 1.29 is 14.1 Å². The normalized spacial score (nSPS) is 18.3. The second kappa shape index (κ2) is 9.61. The number of benzene rings is 2. The van der Waals surface area contributed by atoms with Gasteiger partial charge in [-0.05, 0) is 56.2 Å². The second-order valence-electron chi connectivity index (χ2n) is 9.11. The number of nitrogens with zero attached hydrogens (tertiary/aromatic N) is 2. The molecule has 0 spiro atoms. The molecule has 6 nitrogen and oxygen atoms in total. The second-order valence-corrected chi connectivity index (χ2v) is 9.11. The molecule has 172 valence electrons. The number of hydrogen-bond acceptors (Lipinski definition) is 4. The van der Waals surface area contributed by atoms with E-state index in [9.17, 15) is 9.59 Å². The molecule has 0 saturated carbocycles. The number of carbonyl (C=O) groups is 2. The van der Waals surface area contributed by atoms with Crippen molar-refractivity contribution in [3.05, 3.63) is 77.2 Å². The third-order valence-corrected chi connectivity index (χ3v) is 6.83. The smallest absolute Gasteiger partial charge is 0.225 e. The Morgan fingerprint density at radius 2 is 1.76 bits per heavy atom. The van der Waals surface area contributed by atoms with Gasteiger partial charge in [0.15, 0.2) is 0 Å². The van der Waals surface area contributed by atoms with Crippen molar-refractivity contribution in [2.24, 2.45) is 11.1 Å². The van der Waals surface area contributed by atoms with Gasteiger partial charge < -0.3 is 15.2 Å². The van der Waals surface area contributed by atoms with Gasteiger partial charge in [0.05, 0.1) is 11.1 Å². The first-order chi connectivity index (χ1) is 15.9. The summed E-state index contributed by atoms with van der Waals surface area (Å²) in [5.41, 5.74) is 10.3. The molecule has 2 heterocycles. The summed E-state index contributed by atoms with van der Waals surface area (Å²) in [6.45, 7) is 4.77. The molecule has 2 aromatic carbocycles. The van der Waals surface area contributed by atoms with Crippen LogP contribution >= 0.6 is 0 Å². The maximum atomic E-state index is 13.0. The van der Waals surface area contributed by atoms with Gasteiger partial charge in [-0.25, -0.2) is 0 Å². The van der Waals surface area contributed by atoms with Crippen LogP contribution in [0.5, 0.6) is 0 Å². The molecule has 1 aromatic heterocycles. The summed E-state index contributed by atoms with van der Waals surface area (Å²) in [5.74, 6) is 0.460. The van der Waals surface area contributed by atoms with Gasteiger partial charge in [-0.2, -0.15) is 0 Å². The van der Waals surface area contributed by atoms with E-state index in [2.05, 4.69) is 41.6 Å². The van der Waals surface area contributed by atoms with E-state index in [0.29, 0.717) is 38.8 Å². The van der Waals surface area contributed by atoms with Gasteiger partial charge in [0.1, 0.15) is 5.76 Å². The highest BCUT2D eigenvalue weighted by Crippen LogP contribution is 2.34. The van der Waals surface area contributed by atoms with E-state index in [-0.39, 0.29) is 11.8 Å². The lowest BCUT2D eigenvalue weighted by molar-refractivity contribution is -0.139. The molecule has 1 fully saturated rings. The number of amides is 2. The zero-order chi connectivity index (χ0) is 23.4. The highest BCUT2D eigenvalue weighted by molar-refractivity contribution is 5.83. The molecule has 1 atom stereocenters. The monoisotopic (exact) mass is 445 g/mol. The molecule has 2 amide bonds. The predicted molar refractivity (Wildman–Crippen MR) is 127 cm³/mol. The number of aromatic nitrogens is 1. The van der Waals surface area contributed by atoms with E-state index in [0.717, 1.165) is 40.1 Å². The summed E-state index contributed by atoms with van der Waals surface area (Å²) in [5, 5.41) is 3.96. The third kappa shape index (κ3) is 5.00. The molecule has 2 N–H and O–H groups in total. The van der Waals surface area contributed by atoms with E-state index in [1.54, 1.807) is 0 Å². The lowest BCUT2D eigenvalue weighted by atomic mass is 9.74. The minimum Gasteiger partial charge on any atom is -0.369 e. The minimum absolute atomic E-state index is 0.0414. The van der Waals surface area contributed by atoms with Crippen LogP contribution in [0.2, 0.25) is 0 Å². The zero-order valence-corrected chi connectivity index (χ0v) is 19.3. The van der Waals surface area contributed by atoms with Gasteiger partial charge in [-0.1, -0.05) is 59.8 Å². The Kier molecular flexibility index (Phi) is 6.63. The molecule has 0 radical (unpaired) electrons. The molecule has 0 unspecified atom stereocenters. The molecule has 1 saturated heterocycles. The minimum atomic E-state index is -0.745. The van der Waals surface area contributed by atoms with Gasteiger partial charge in [-0.3, -0.25) is 9.59 Å². The fourth-order valence-electron chi connectivity index (χ4n) is 4.86. The lowest BCUT2D eigenvalue weighted by Gasteiger charge is -2.41. The van der Waals surface area contributed by atoms with Crippen molar-refractivity contribution in [3.63, 3.8) is 0 Å². The number of likely N-dealkylation sites (tertiary alicyclic amines) is 1. The van der Waals surface area contributed by atoms with Crippen LogP contribution < -0.4 is 5.73 Å². The lowest BCUT2D eigenvalue weighted by Crippen LogP contribution is -2.53. The van der Waals surface area contributed by atoms with Crippen LogP contribution in [0.1, 0.15) is 41.8 Å². The van der Waals surface area contributed by atoms with Crippen molar-refractivity contribution in [2.75, 3.05) is 13.1 Å². The van der Waals surface area contributed by atoms with Crippen LogP contribution in [0.25, 0.3) is 11.1 Å². The van der Waals surface area contributed by atoms with Crippen molar-refractivity contribution in [3.8, 4) is 11.1 Å². The number of primary amides is 1. The van der Waals surface area contributed by atoms with Gasteiger partial charge in [0, 0.05) is 25.1 Å². The van der Waals surface area contributed by atoms with Crippen LogP contribution in [0.3, 0.4) is 0 Å². The quantitative estimate of drug-likeness (QED) is 0.589. The zero-order valence-electron chi connectivity index (χ0n) is 19.3. The largest absolute Gasteiger partial charge is 0.369 e. The summed E-state index contributed by atoms with van der Waals surface area (Å²) >= 11 is 0. The molecular formula is C27H31N3O3. The SMILES string of the molecule is Cc1noc(C)c1CCC(=O)N1CCC[C@](Cc2ccc(-c3ccccc3)cc2)(C(N)=O)C1. The van der Waals surface area contributed by atoms with Gasteiger partial charge >= 0.3 is 0 Å². The van der Waals surface area contributed by atoms with E-state index in [1.165, 1.54) is 0 Å². The average molecular weight is 446 g/mol. The number of carbonyl (C=O) groups excluding carboxylic acids is 2. The fourth-order valence-corrected chi connectivity index (χ4v) is 4.86. The summed E-state index contributed by atoms with van der Waals surface area (Å²) in [4.78, 5) is 27.4. The van der Waals surface area contributed by atoms with Gasteiger partial charge in [0.2, 0.25) is 11.8 Å². The Bertz CT molecular complexity index is 1100. The third-order valence-electron chi connectivity index (χ3n) is 6.83. The summed E-state index contributed by atoms with van der Waals surface area (Å²) in [6.07, 6.45) is 2.94. The number of aryl methyl sites for hydroxylation is 2. The van der Waals surface area contributed by atoms with Crippen LogP contribution in [-0.2, 0) is 22.4 Å². The fraction of sp³-hybridized carbons (Fsp3) is 0.370. The van der Waals surface area contributed by atoms with Crippen molar-refractivity contribution >= 4 is 11.8 Å². The van der Waals surface area contributed by atoms with E-state index < -0.39 is 5.41 Å². The number of piperidine rings is 1. The summed E-state index contributed by atoms with van der Waals surface area (Å²) in [7, 11) is 0. The van der Waals surface area contributed by atoms with Crippen molar-refractivity contribution in [2.45, 2.75) is 46.0 Å². The van der Waals surface area contributed by atoms with Crippen LogP contribution in [0.4, 0.5) is 0 Å². The molecule has 1 aliphatic rings. The maximum absolute atomic E-state index is 13.0. The van der Waals surface area contributed by atoms with E-state index >= 15 is 0 Å². The average Bonchev–Trinajstić information content (AvgIpc) is 3.15. The number of nitrogens with two attached hydrogens (primary N) is 1. The Balaban J connectivity index is 1.45. The van der Waals surface area contributed by atoms with Crippen molar-refractivity contribution in [1.29, 1.82) is 0 Å². The standard InChI is InChI=1S/C27H31N3O3/c1-19-24(20(2)33-29-19)13-14-25(31)30-16-6-15-27(18-30,26(28)32)17-21-9-11-23(12-10-21)22-7-4-3-5-8-22/h3-5,7-12H,6,13-18H2,1-2H3,(H2,28,32)/t27-/m1/s1. The number of hydrogen-bond donors (Lipinski definition) is 1. The molecule has 33 heavy (non-hydrogen) atoms. The summed E-state index contributed by atoms with van der Waals surface area (Å²) in [6, 6.07) is 18.5. The predicted octanol–water partition coefficient (Wildman–Crippen LogP) is 4.23. The highest BCUT2D eigenvalue weighted by atomic mass is 16.5. The van der Waals surface area contributed by atoms with E-state index in [1.807, 2.05) is 36.9 Å². The van der Waals surface area contributed by atoms with Crippen LogP contribution in [0, 0.1) is 19.3 Å². The topological polar surface area (TPSA) is 89.4 Å². The molecule has 0 aliphatic carbocycles. The Labute approximate surface area is 194 Å². The first kappa shape index (κ1) is 22.8. The Morgan fingerprint density at radius 1 is 1.06 bits per heavy atom. The maximum Gasteiger partial charge on any atom is 0.225 e. The van der Waals surface area contributed by atoms with Crippen LogP contribution in [0.15, 0.2) is 59.1 Å². The highest BCUT2D eigenvalue weighted by Gasteiger charge is 2.42. The Morgan fingerprint density at radius 3 is 2.39 bits per heavy atom. The molecule has 4 rings (SSSR count). The summed E-state index contributed by atoms with van der Waals surface area (Å²) < 4.78 is 5.20. The molecule has 3 aromatic rings. The number of rotatable bonds is 7. The Hall–Kier alpha value is -3.41. The molecule has 6 heteroatoms. The van der Waals surface area contributed by atoms with E-state index in [4.69, 9.17) is 10.3 Å². The molecular weight excluding hydrogens is 414 g/mol. The molecule has 1 aliphatic heterocycles. The van der Waals surface area contributed by atoms with Crippen LogP contribution in [-0.4, -0.2) is 35.0 Å².